The number of carbonyl (C=O) groups excluding carboxylic acids is 1. The van der Waals surface area contributed by atoms with Crippen LogP contribution in [0.4, 0.5) is 24.5 Å². The van der Waals surface area contributed by atoms with Crippen molar-refractivity contribution in [3.63, 3.8) is 0 Å². The summed E-state index contributed by atoms with van der Waals surface area (Å²) in [5.41, 5.74) is 2.41. The lowest BCUT2D eigenvalue weighted by molar-refractivity contribution is -0.190. The second-order valence-corrected chi connectivity index (χ2v) is 11.9. The number of aromatic nitrogens is 3. The van der Waals surface area contributed by atoms with Crippen LogP contribution in [0.1, 0.15) is 36.6 Å². The molecule has 5 rings (SSSR count). The molecule has 4 heterocycles. The molecule has 0 aliphatic carbocycles. The summed E-state index contributed by atoms with van der Waals surface area (Å²) in [5.74, 6) is -1.86. The number of aryl methyl sites for hydroxylation is 1. The van der Waals surface area contributed by atoms with Crippen molar-refractivity contribution in [2.24, 2.45) is 5.92 Å². The van der Waals surface area contributed by atoms with Crippen molar-refractivity contribution in [2.75, 3.05) is 30.0 Å². The first-order valence-corrected chi connectivity index (χ1v) is 13.8. The molecule has 2 aliphatic heterocycles. The summed E-state index contributed by atoms with van der Waals surface area (Å²) in [6.45, 7) is 0.622. The van der Waals surface area contributed by atoms with E-state index < -0.39 is 33.9 Å². The number of hydrogen-bond acceptors (Lipinski definition) is 6. The Morgan fingerprint density at radius 3 is 2.51 bits per heavy atom. The Balaban J connectivity index is 1.42. The van der Waals surface area contributed by atoms with Gasteiger partial charge in [-0.25, -0.2) is 17.9 Å². The van der Waals surface area contributed by atoms with E-state index in [2.05, 4.69) is 10.1 Å². The van der Waals surface area contributed by atoms with Crippen LogP contribution in [0.5, 0.6) is 0 Å². The summed E-state index contributed by atoms with van der Waals surface area (Å²) in [5, 5.41) is 2.73. The summed E-state index contributed by atoms with van der Waals surface area (Å²) in [6.07, 6.45) is -1.54. The largest absolute Gasteiger partial charge is 0.413 e. The van der Waals surface area contributed by atoms with Gasteiger partial charge in [0.05, 0.1) is 29.1 Å². The lowest BCUT2D eigenvalue weighted by Gasteiger charge is -2.34. The number of benzene rings is 1. The second-order valence-electron chi connectivity index (χ2n) is 9.57. The fraction of sp³-hybridized carbons (Fsp3) is 0.458. The lowest BCUT2D eigenvalue weighted by atomic mass is 9.98. The van der Waals surface area contributed by atoms with Crippen LogP contribution < -0.4 is 10.5 Å². The average Bonchev–Trinajstić information content (AvgIpc) is 3.24. The van der Waals surface area contributed by atoms with Gasteiger partial charge in [-0.2, -0.15) is 13.2 Å². The number of sulfone groups is 1. The fourth-order valence-corrected chi connectivity index (χ4v) is 6.77. The van der Waals surface area contributed by atoms with Gasteiger partial charge in [-0.15, -0.1) is 0 Å². The first-order chi connectivity index (χ1) is 17.4. The number of nitrogens with zero attached hydrogens (tertiary/aromatic N) is 4. The van der Waals surface area contributed by atoms with Crippen LogP contribution >= 0.6 is 0 Å². The van der Waals surface area contributed by atoms with E-state index in [-0.39, 0.29) is 35.5 Å². The van der Waals surface area contributed by atoms with Gasteiger partial charge < -0.3 is 9.80 Å². The van der Waals surface area contributed by atoms with E-state index in [1.165, 1.54) is 18.2 Å². The quantitative estimate of drug-likeness (QED) is 0.548. The molecule has 0 radical (unpaired) electrons. The SMILES string of the molecule is CN(C(=O)C1CCS(=O)(=O)CC1)[C@@H](c1ccc(N2CCCc3c2cnc2cc(=O)[nH]n32)cc1)C(F)(F)F. The van der Waals surface area contributed by atoms with Crippen LogP contribution in [0, 0.1) is 5.92 Å². The van der Waals surface area contributed by atoms with Crippen molar-refractivity contribution < 1.29 is 26.4 Å². The number of nitrogens with one attached hydrogen (secondary N) is 1. The van der Waals surface area contributed by atoms with Crippen molar-refractivity contribution in [2.45, 2.75) is 37.9 Å². The second kappa shape index (κ2) is 9.19. The number of anilines is 2. The van der Waals surface area contributed by atoms with Crippen LogP contribution in [-0.2, 0) is 21.1 Å². The highest BCUT2D eigenvalue weighted by atomic mass is 32.2. The first-order valence-electron chi connectivity index (χ1n) is 12.0. The normalized spacial score (nSPS) is 19.0. The average molecular weight is 538 g/mol. The zero-order chi connectivity index (χ0) is 26.5. The monoisotopic (exact) mass is 537 g/mol. The minimum absolute atomic E-state index is 0.0252. The molecule has 1 fully saturated rings. The number of carbonyl (C=O) groups is 1. The third kappa shape index (κ3) is 4.83. The molecule has 0 bridgehead atoms. The predicted molar refractivity (Wildman–Crippen MR) is 131 cm³/mol. The Bertz CT molecular complexity index is 1480. The van der Waals surface area contributed by atoms with E-state index in [0.717, 1.165) is 24.8 Å². The molecular formula is C24H26F3N5O4S. The smallest absolute Gasteiger partial charge is 0.339 e. The van der Waals surface area contributed by atoms with E-state index in [1.807, 2.05) is 4.90 Å². The van der Waals surface area contributed by atoms with Crippen molar-refractivity contribution >= 4 is 32.8 Å². The molecular weight excluding hydrogens is 511 g/mol. The van der Waals surface area contributed by atoms with Crippen molar-refractivity contribution in [1.82, 2.24) is 19.5 Å². The highest BCUT2D eigenvalue weighted by molar-refractivity contribution is 7.91. The molecule has 1 aromatic carbocycles. The van der Waals surface area contributed by atoms with E-state index >= 15 is 0 Å². The number of hydrogen-bond donors (Lipinski definition) is 1. The van der Waals surface area contributed by atoms with Crippen LogP contribution in [-0.4, -0.2) is 65.1 Å². The van der Waals surface area contributed by atoms with Gasteiger partial charge >= 0.3 is 6.18 Å². The van der Waals surface area contributed by atoms with Gasteiger partial charge in [-0.3, -0.25) is 14.7 Å². The van der Waals surface area contributed by atoms with Crippen LogP contribution in [0.15, 0.2) is 41.3 Å². The molecule has 198 valence electrons. The van der Waals surface area contributed by atoms with E-state index in [0.29, 0.717) is 29.2 Å². The zero-order valence-electron chi connectivity index (χ0n) is 20.0. The summed E-state index contributed by atoms with van der Waals surface area (Å²) in [4.78, 5) is 31.6. The van der Waals surface area contributed by atoms with Gasteiger partial charge in [0.1, 0.15) is 9.84 Å². The van der Waals surface area contributed by atoms with E-state index in [1.54, 1.807) is 22.8 Å². The first kappa shape index (κ1) is 25.3. The molecule has 1 amide bonds. The number of H-pyrrole nitrogens is 1. The van der Waals surface area contributed by atoms with Crippen LogP contribution in [0.3, 0.4) is 0 Å². The summed E-state index contributed by atoms with van der Waals surface area (Å²) in [6, 6.07) is 5.12. The summed E-state index contributed by atoms with van der Waals surface area (Å²) < 4.78 is 67.5. The minimum atomic E-state index is -4.72. The Morgan fingerprint density at radius 2 is 1.86 bits per heavy atom. The van der Waals surface area contributed by atoms with Crippen molar-refractivity contribution in [3.8, 4) is 0 Å². The zero-order valence-corrected chi connectivity index (χ0v) is 20.8. The van der Waals surface area contributed by atoms with Gasteiger partial charge in [-0.1, -0.05) is 12.1 Å². The van der Waals surface area contributed by atoms with E-state index in [9.17, 15) is 31.2 Å². The third-order valence-corrected chi connectivity index (χ3v) is 8.87. The number of halogens is 3. The van der Waals surface area contributed by atoms with Crippen LogP contribution in [0.25, 0.3) is 5.65 Å². The maximum Gasteiger partial charge on any atom is 0.413 e. The number of aromatic amines is 1. The standard InChI is InChI=1S/C24H26F3N5O4S/c1-30(23(34)16-8-11-37(35,36)12-9-16)22(24(25,26)27)15-4-6-17(7-5-15)31-10-2-3-18-19(31)14-28-20-13-21(33)29-32(18)20/h4-7,13-14,16,22H,2-3,8-12H2,1H3,(H,29,33)/t22-/m0/s1. The van der Waals surface area contributed by atoms with Crippen molar-refractivity contribution in [1.29, 1.82) is 0 Å². The maximum atomic E-state index is 14.2. The molecule has 0 spiro atoms. The molecule has 0 unspecified atom stereocenters. The van der Waals surface area contributed by atoms with Gasteiger partial charge in [0.15, 0.2) is 11.7 Å². The van der Waals surface area contributed by atoms with Gasteiger partial charge in [0.2, 0.25) is 5.91 Å². The number of amides is 1. The molecule has 2 aliphatic rings. The Morgan fingerprint density at radius 1 is 1.19 bits per heavy atom. The highest BCUT2D eigenvalue weighted by Crippen LogP contribution is 2.40. The topological polar surface area (TPSA) is 108 Å². The Labute approximate surface area is 210 Å². The molecule has 3 aromatic rings. The summed E-state index contributed by atoms with van der Waals surface area (Å²) >= 11 is 0. The molecule has 1 atom stereocenters. The maximum absolute atomic E-state index is 14.2. The highest BCUT2D eigenvalue weighted by Gasteiger charge is 2.46. The minimum Gasteiger partial charge on any atom is -0.339 e. The van der Waals surface area contributed by atoms with Crippen LogP contribution in [0.2, 0.25) is 0 Å². The molecule has 37 heavy (non-hydrogen) atoms. The number of rotatable bonds is 4. The molecule has 13 heteroatoms. The summed E-state index contributed by atoms with van der Waals surface area (Å²) in [7, 11) is -2.13. The predicted octanol–water partition coefficient (Wildman–Crippen LogP) is 2.99. The van der Waals surface area contributed by atoms with Gasteiger partial charge in [0.25, 0.3) is 5.56 Å². The molecule has 9 nitrogen and oxygen atoms in total. The van der Waals surface area contributed by atoms with Crippen molar-refractivity contribution in [3.05, 3.63) is 58.1 Å². The molecule has 2 aromatic heterocycles. The Kier molecular flexibility index (Phi) is 6.29. The number of fused-ring (bicyclic) bond motifs is 3. The molecule has 0 saturated carbocycles. The van der Waals surface area contributed by atoms with Gasteiger partial charge in [0, 0.05) is 31.3 Å². The third-order valence-electron chi connectivity index (χ3n) is 7.15. The van der Waals surface area contributed by atoms with E-state index in [4.69, 9.17) is 0 Å². The fourth-order valence-electron chi connectivity index (χ4n) is 5.28. The molecule has 1 N–H and O–H groups in total. The lowest BCUT2D eigenvalue weighted by Crippen LogP contribution is -2.44. The van der Waals surface area contributed by atoms with Gasteiger partial charge in [-0.05, 0) is 43.4 Å². The molecule has 1 saturated heterocycles. The Hall–Kier alpha value is -3.35. The number of alkyl halides is 3.